The van der Waals surface area contributed by atoms with Crippen LogP contribution in [0.5, 0.6) is 5.75 Å². The number of carboxylic acids is 1. The molecule has 0 radical (unpaired) electrons. The minimum atomic E-state index is -1.01. The van der Waals surface area contributed by atoms with Crippen LogP contribution in [0.3, 0.4) is 0 Å². The number of hydrogen-bond acceptors (Lipinski definition) is 3. The molecular formula is C11H9BrFNO4. The maximum absolute atomic E-state index is 13.3. The monoisotopic (exact) mass is 317 g/mol. The van der Waals surface area contributed by atoms with Gasteiger partial charge < -0.3 is 15.2 Å². The number of carboxylic acid groups (broad SMARTS) is 1. The Morgan fingerprint density at radius 3 is 2.94 bits per heavy atom. The number of aliphatic carboxylic acids is 1. The second kappa shape index (κ2) is 4.93. The average Bonchev–Trinajstić information content (AvgIpc) is 2.29. The summed E-state index contributed by atoms with van der Waals surface area (Å²) in [5, 5.41) is 11.1. The summed E-state index contributed by atoms with van der Waals surface area (Å²) in [6.07, 6.45) is -1.06. The Morgan fingerprint density at radius 1 is 1.56 bits per heavy atom. The Balaban J connectivity index is 2.19. The van der Waals surface area contributed by atoms with Gasteiger partial charge in [-0.3, -0.25) is 9.59 Å². The molecule has 1 unspecified atom stereocenters. The molecule has 1 heterocycles. The Kier molecular flexibility index (Phi) is 3.51. The van der Waals surface area contributed by atoms with E-state index in [9.17, 15) is 14.0 Å². The molecule has 5 nitrogen and oxygen atoms in total. The van der Waals surface area contributed by atoms with Gasteiger partial charge in [-0.15, -0.1) is 0 Å². The Hall–Kier alpha value is -1.63. The Morgan fingerprint density at radius 2 is 2.28 bits per heavy atom. The van der Waals surface area contributed by atoms with E-state index in [0.29, 0.717) is 5.69 Å². The van der Waals surface area contributed by atoms with Crippen molar-refractivity contribution in [3.05, 3.63) is 22.4 Å². The molecule has 0 aromatic heterocycles. The first-order chi connectivity index (χ1) is 8.47. The molecule has 1 aromatic carbocycles. The lowest BCUT2D eigenvalue weighted by molar-refractivity contribution is -0.137. The molecule has 2 N–H and O–H groups in total. The third-order valence-electron chi connectivity index (χ3n) is 2.46. The number of amides is 1. The van der Waals surface area contributed by atoms with Gasteiger partial charge in [0.1, 0.15) is 11.6 Å². The number of rotatable bonds is 3. The molecule has 0 aliphatic carbocycles. The van der Waals surface area contributed by atoms with E-state index in [4.69, 9.17) is 9.84 Å². The molecule has 1 aliphatic heterocycles. The minimum absolute atomic E-state index is 0.0400. The van der Waals surface area contributed by atoms with Crippen LogP contribution in [0.4, 0.5) is 10.1 Å². The molecule has 1 atom stereocenters. The van der Waals surface area contributed by atoms with E-state index in [0.717, 1.165) is 6.07 Å². The lowest BCUT2D eigenvalue weighted by Gasteiger charge is -2.25. The van der Waals surface area contributed by atoms with Gasteiger partial charge in [0.2, 0.25) is 0 Å². The minimum Gasteiger partial charge on any atom is -0.481 e. The lowest BCUT2D eigenvalue weighted by Crippen LogP contribution is -2.37. The summed E-state index contributed by atoms with van der Waals surface area (Å²) in [5.74, 6) is -1.76. The zero-order chi connectivity index (χ0) is 13.3. The number of carbonyl (C=O) groups excluding carboxylic acids is 1. The zero-order valence-corrected chi connectivity index (χ0v) is 10.7. The highest BCUT2D eigenvalue weighted by atomic mass is 79.9. The van der Waals surface area contributed by atoms with Gasteiger partial charge in [0, 0.05) is 18.9 Å². The van der Waals surface area contributed by atoms with Gasteiger partial charge in [-0.25, -0.2) is 4.39 Å². The smallest absolute Gasteiger partial charge is 0.303 e. The van der Waals surface area contributed by atoms with Crippen molar-refractivity contribution in [3.8, 4) is 5.75 Å². The largest absolute Gasteiger partial charge is 0.481 e. The second-order valence-corrected chi connectivity index (χ2v) is 4.64. The molecule has 0 saturated heterocycles. The van der Waals surface area contributed by atoms with E-state index in [1.165, 1.54) is 6.07 Å². The van der Waals surface area contributed by atoms with Crippen LogP contribution in [0.15, 0.2) is 16.6 Å². The van der Waals surface area contributed by atoms with Crippen molar-refractivity contribution in [2.24, 2.45) is 0 Å². The fourth-order valence-electron chi connectivity index (χ4n) is 1.59. The van der Waals surface area contributed by atoms with E-state index >= 15 is 0 Å². The molecule has 2 rings (SSSR count). The molecule has 0 fully saturated rings. The standard InChI is InChI=1S/C11H9BrFNO4/c12-5-3-7-9(4-6(5)13)18-8(11(17)14-7)1-2-10(15)16/h3-4,8H,1-2H2,(H,14,17)(H,15,16). The predicted molar refractivity (Wildman–Crippen MR) is 64.0 cm³/mol. The summed E-state index contributed by atoms with van der Waals surface area (Å²) in [6.45, 7) is 0. The quantitative estimate of drug-likeness (QED) is 0.895. The molecule has 0 spiro atoms. The van der Waals surface area contributed by atoms with Crippen LogP contribution in [0.1, 0.15) is 12.8 Å². The summed E-state index contributed by atoms with van der Waals surface area (Å²) in [5.41, 5.74) is 0.361. The van der Waals surface area contributed by atoms with Crippen LogP contribution >= 0.6 is 15.9 Å². The summed E-state index contributed by atoms with van der Waals surface area (Å²) in [7, 11) is 0. The van der Waals surface area contributed by atoms with Crippen LogP contribution in [0.2, 0.25) is 0 Å². The van der Waals surface area contributed by atoms with Gasteiger partial charge in [-0.1, -0.05) is 0 Å². The topological polar surface area (TPSA) is 75.6 Å². The fourth-order valence-corrected chi connectivity index (χ4v) is 1.93. The normalized spacial score (nSPS) is 17.7. The highest BCUT2D eigenvalue weighted by Gasteiger charge is 2.28. The van der Waals surface area contributed by atoms with Crippen molar-refractivity contribution in [3.63, 3.8) is 0 Å². The van der Waals surface area contributed by atoms with Gasteiger partial charge in [-0.05, 0) is 22.0 Å². The van der Waals surface area contributed by atoms with Crippen LogP contribution in [0.25, 0.3) is 0 Å². The van der Waals surface area contributed by atoms with Crippen LogP contribution < -0.4 is 10.1 Å². The molecule has 18 heavy (non-hydrogen) atoms. The SMILES string of the molecule is O=C(O)CCC1Oc2cc(F)c(Br)cc2NC1=O. The highest BCUT2D eigenvalue weighted by Crippen LogP contribution is 2.34. The molecule has 96 valence electrons. The van der Waals surface area contributed by atoms with Gasteiger partial charge in [0.25, 0.3) is 5.91 Å². The van der Waals surface area contributed by atoms with Crippen molar-refractivity contribution < 1.29 is 23.8 Å². The fraction of sp³-hybridized carbons (Fsp3) is 0.273. The van der Waals surface area contributed by atoms with E-state index in [2.05, 4.69) is 21.2 Å². The number of fused-ring (bicyclic) bond motifs is 1. The number of nitrogens with one attached hydrogen (secondary N) is 1. The van der Waals surface area contributed by atoms with E-state index in [1.54, 1.807) is 0 Å². The number of carbonyl (C=O) groups is 2. The summed E-state index contributed by atoms with van der Waals surface area (Å²) in [4.78, 5) is 22.1. The Bertz CT molecular complexity index is 520. The Labute approximate surface area is 110 Å². The molecule has 1 aliphatic rings. The number of ether oxygens (including phenoxy) is 1. The zero-order valence-electron chi connectivity index (χ0n) is 9.07. The molecule has 0 saturated carbocycles. The number of hydrogen-bond donors (Lipinski definition) is 2. The first-order valence-corrected chi connectivity index (χ1v) is 5.95. The molecule has 1 amide bonds. The van der Waals surface area contributed by atoms with Gasteiger partial charge >= 0.3 is 5.97 Å². The maximum atomic E-state index is 13.3. The van der Waals surface area contributed by atoms with Crippen molar-refractivity contribution >= 4 is 33.5 Å². The molecule has 0 bridgehead atoms. The molecule has 7 heteroatoms. The third-order valence-corrected chi connectivity index (χ3v) is 3.07. The van der Waals surface area contributed by atoms with E-state index in [1.807, 2.05) is 0 Å². The van der Waals surface area contributed by atoms with E-state index < -0.39 is 23.8 Å². The van der Waals surface area contributed by atoms with Crippen LogP contribution in [0, 0.1) is 5.82 Å². The second-order valence-electron chi connectivity index (χ2n) is 3.79. The van der Waals surface area contributed by atoms with Crippen molar-refractivity contribution in [2.45, 2.75) is 18.9 Å². The number of halogens is 2. The van der Waals surface area contributed by atoms with Gasteiger partial charge in [-0.2, -0.15) is 0 Å². The van der Waals surface area contributed by atoms with E-state index in [-0.39, 0.29) is 23.1 Å². The predicted octanol–water partition coefficient (Wildman–Crippen LogP) is 2.15. The van der Waals surface area contributed by atoms with Crippen molar-refractivity contribution in [1.29, 1.82) is 0 Å². The highest BCUT2D eigenvalue weighted by molar-refractivity contribution is 9.10. The van der Waals surface area contributed by atoms with Gasteiger partial charge in [0.15, 0.2) is 6.10 Å². The lowest BCUT2D eigenvalue weighted by atomic mass is 10.1. The maximum Gasteiger partial charge on any atom is 0.303 e. The first-order valence-electron chi connectivity index (χ1n) is 5.15. The van der Waals surface area contributed by atoms with Gasteiger partial charge in [0.05, 0.1) is 10.2 Å². The van der Waals surface area contributed by atoms with Crippen molar-refractivity contribution in [2.75, 3.05) is 5.32 Å². The van der Waals surface area contributed by atoms with Crippen LogP contribution in [-0.4, -0.2) is 23.1 Å². The van der Waals surface area contributed by atoms with Crippen LogP contribution in [-0.2, 0) is 9.59 Å². The number of benzene rings is 1. The third kappa shape index (κ3) is 2.61. The van der Waals surface area contributed by atoms with Crippen molar-refractivity contribution in [1.82, 2.24) is 0 Å². The summed E-state index contributed by atoms with van der Waals surface area (Å²) < 4.78 is 18.8. The average molecular weight is 318 g/mol. The molecule has 1 aromatic rings. The number of anilines is 1. The summed E-state index contributed by atoms with van der Waals surface area (Å²) >= 11 is 3.00. The summed E-state index contributed by atoms with van der Waals surface area (Å²) in [6, 6.07) is 2.54. The molecular weight excluding hydrogens is 309 g/mol. The first kappa shape index (κ1) is 12.8.